The standard InChI is InChI=1S/C47H83O12P/c1-3-5-7-9-11-13-15-16-17-18-19-20-21-22-23-24-25-27-29-31-33-35-37-56-38-40(58-41(48)36-34-32-30-28-26-14-12-10-8-6-4-2)39-57-60(54,55)59-47-45(52)43(50)42(49)44(51)46(47)53/h5,7,10-13,16-17,19-20,40,42-47,49-53H,3-4,6,8-9,14-15,18,21-39H2,1-2H3,(H,54,55)/b7-5-,12-10-,13-11-,17-16-,20-19-. The van der Waals surface area contributed by atoms with Gasteiger partial charge in [0.2, 0.25) is 0 Å². The predicted octanol–water partition coefficient (Wildman–Crippen LogP) is 9.42. The molecule has 1 rings (SSSR count). The van der Waals surface area contributed by atoms with E-state index in [-0.39, 0.29) is 13.0 Å². The number of aliphatic hydroxyl groups excluding tert-OH is 5. The van der Waals surface area contributed by atoms with E-state index >= 15 is 0 Å². The monoisotopic (exact) mass is 871 g/mol. The first-order valence-electron chi connectivity index (χ1n) is 23.1. The fourth-order valence-corrected chi connectivity index (χ4v) is 7.65. The molecular formula is C47H83O12P. The van der Waals surface area contributed by atoms with Gasteiger partial charge in [-0.1, -0.05) is 152 Å². The van der Waals surface area contributed by atoms with Crippen molar-refractivity contribution < 1.29 is 58.3 Å². The third-order valence-electron chi connectivity index (χ3n) is 10.4. The largest absolute Gasteiger partial charge is 0.472 e. The summed E-state index contributed by atoms with van der Waals surface area (Å²) in [6, 6.07) is 0. The first-order valence-corrected chi connectivity index (χ1v) is 24.6. The quantitative estimate of drug-likeness (QED) is 0.0149. The van der Waals surface area contributed by atoms with Crippen molar-refractivity contribution in [1.82, 2.24) is 0 Å². The van der Waals surface area contributed by atoms with Crippen LogP contribution in [0.3, 0.4) is 0 Å². The summed E-state index contributed by atoms with van der Waals surface area (Å²) in [5.41, 5.74) is 0. The number of hydrogen-bond acceptors (Lipinski definition) is 11. The summed E-state index contributed by atoms with van der Waals surface area (Å²) in [5, 5.41) is 50.1. The van der Waals surface area contributed by atoms with Crippen molar-refractivity contribution in [3.8, 4) is 0 Å². The number of carbonyl (C=O) groups is 1. The number of allylic oxidation sites excluding steroid dienone is 10. The molecule has 0 aliphatic heterocycles. The highest BCUT2D eigenvalue weighted by Crippen LogP contribution is 2.47. The molecule has 60 heavy (non-hydrogen) atoms. The summed E-state index contributed by atoms with van der Waals surface area (Å²) in [5.74, 6) is -0.493. The molecule has 6 atom stereocenters. The molecule has 0 saturated heterocycles. The normalized spacial score (nSPS) is 22.9. The number of ether oxygens (including phenoxy) is 2. The molecule has 348 valence electrons. The lowest BCUT2D eigenvalue weighted by Gasteiger charge is -2.41. The van der Waals surface area contributed by atoms with Gasteiger partial charge >= 0.3 is 13.8 Å². The highest BCUT2D eigenvalue weighted by Gasteiger charge is 2.51. The SMILES string of the molecule is CC/C=C\C/C=C\C/C=C\C/C=C\CCCCCCCCCCCOCC(COP(=O)(O)OC1C(O)C(O)C(O)C(O)C1O)OC(=O)CCCCCCC/C=C\CCCC. The predicted molar refractivity (Wildman–Crippen MR) is 239 cm³/mol. The summed E-state index contributed by atoms with van der Waals surface area (Å²) in [7, 11) is -5.02. The van der Waals surface area contributed by atoms with E-state index in [1.807, 2.05) is 0 Å². The van der Waals surface area contributed by atoms with Gasteiger partial charge in [-0.3, -0.25) is 13.8 Å². The molecule has 0 bridgehead atoms. The van der Waals surface area contributed by atoms with Crippen molar-refractivity contribution in [2.45, 2.75) is 211 Å². The van der Waals surface area contributed by atoms with E-state index in [0.717, 1.165) is 96.3 Å². The van der Waals surface area contributed by atoms with E-state index in [0.29, 0.717) is 13.0 Å². The van der Waals surface area contributed by atoms with E-state index in [4.69, 9.17) is 18.5 Å². The number of unbranched alkanes of at least 4 members (excludes halogenated alkanes) is 16. The number of phosphoric acid groups is 1. The van der Waals surface area contributed by atoms with Crippen LogP contribution in [-0.4, -0.2) is 98.9 Å². The van der Waals surface area contributed by atoms with Gasteiger partial charge in [0.05, 0.1) is 13.2 Å². The Morgan fingerprint density at radius 1 is 0.550 bits per heavy atom. The zero-order chi connectivity index (χ0) is 44.1. The van der Waals surface area contributed by atoms with Crippen LogP contribution in [0.2, 0.25) is 0 Å². The maximum atomic E-state index is 12.8. The van der Waals surface area contributed by atoms with Gasteiger partial charge in [0, 0.05) is 13.0 Å². The van der Waals surface area contributed by atoms with Gasteiger partial charge in [0.1, 0.15) is 42.7 Å². The maximum absolute atomic E-state index is 12.8. The molecule has 1 aliphatic rings. The molecule has 0 heterocycles. The third-order valence-corrected chi connectivity index (χ3v) is 11.4. The second kappa shape index (κ2) is 37.6. The van der Waals surface area contributed by atoms with Crippen LogP contribution in [0.25, 0.3) is 0 Å². The number of phosphoric ester groups is 1. The molecule has 12 nitrogen and oxygen atoms in total. The summed E-state index contributed by atoms with van der Waals surface area (Å²) in [6.45, 7) is 4.07. The first kappa shape index (κ1) is 56.1. The lowest BCUT2D eigenvalue weighted by Crippen LogP contribution is -2.64. The molecule has 0 aromatic heterocycles. The fourth-order valence-electron chi connectivity index (χ4n) is 6.68. The molecule has 0 amide bonds. The Hall–Kier alpha value is -1.96. The number of aliphatic hydroxyl groups is 5. The molecule has 1 aliphatic carbocycles. The Morgan fingerprint density at radius 2 is 0.983 bits per heavy atom. The van der Waals surface area contributed by atoms with Crippen LogP contribution in [0.15, 0.2) is 60.8 Å². The van der Waals surface area contributed by atoms with Crippen LogP contribution in [0.4, 0.5) is 0 Å². The maximum Gasteiger partial charge on any atom is 0.472 e. The summed E-state index contributed by atoms with van der Waals surface area (Å²) in [4.78, 5) is 23.1. The Bertz CT molecular complexity index is 1220. The highest BCUT2D eigenvalue weighted by molar-refractivity contribution is 7.47. The van der Waals surface area contributed by atoms with Crippen LogP contribution in [0.1, 0.15) is 168 Å². The zero-order valence-corrected chi connectivity index (χ0v) is 37.9. The van der Waals surface area contributed by atoms with E-state index in [1.165, 1.54) is 44.9 Å². The topological polar surface area (TPSA) is 192 Å². The molecule has 0 spiro atoms. The summed E-state index contributed by atoms with van der Waals surface area (Å²) in [6.07, 6.45) is 34.4. The summed E-state index contributed by atoms with van der Waals surface area (Å²) >= 11 is 0. The van der Waals surface area contributed by atoms with Crippen LogP contribution in [-0.2, 0) is 27.9 Å². The first-order chi connectivity index (χ1) is 29.0. The number of rotatable bonds is 38. The molecule has 13 heteroatoms. The van der Waals surface area contributed by atoms with Gasteiger partial charge in [0.15, 0.2) is 0 Å². The molecule has 0 aromatic rings. The van der Waals surface area contributed by atoms with Crippen molar-refractivity contribution in [3.05, 3.63) is 60.8 Å². The molecular weight excluding hydrogens is 787 g/mol. The molecule has 0 aromatic carbocycles. The van der Waals surface area contributed by atoms with Gasteiger partial charge in [-0.25, -0.2) is 4.57 Å². The van der Waals surface area contributed by atoms with Crippen LogP contribution >= 0.6 is 7.82 Å². The van der Waals surface area contributed by atoms with Crippen molar-refractivity contribution in [3.63, 3.8) is 0 Å². The van der Waals surface area contributed by atoms with E-state index < -0.39 is 63.1 Å². The minimum atomic E-state index is -5.02. The second-order valence-corrected chi connectivity index (χ2v) is 17.3. The average molecular weight is 871 g/mol. The molecule has 1 saturated carbocycles. The third kappa shape index (κ3) is 29.4. The molecule has 1 fully saturated rings. The van der Waals surface area contributed by atoms with E-state index in [9.17, 15) is 39.8 Å². The van der Waals surface area contributed by atoms with E-state index in [2.05, 4.69) is 74.6 Å². The van der Waals surface area contributed by atoms with Crippen LogP contribution in [0, 0.1) is 0 Å². The lowest BCUT2D eigenvalue weighted by atomic mass is 9.85. The number of hydrogen-bond donors (Lipinski definition) is 6. The van der Waals surface area contributed by atoms with Crippen molar-refractivity contribution in [2.75, 3.05) is 19.8 Å². The number of esters is 1. The van der Waals surface area contributed by atoms with Gasteiger partial charge in [0.25, 0.3) is 0 Å². The zero-order valence-electron chi connectivity index (χ0n) is 37.0. The van der Waals surface area contributed by atoms with Gasteiger partial charge in [-0.2, -0.15) is 0 Å². The minimum absolute atomic E-state index is 0.0866. The fraction of sp³-hybridized carbons (Fsp3) is 0.766. The smallest absolute Gasteiger partial charge is 0.457 e. The molecule has 6 N–H and O–H groups in total. The van der Waals surface area contributed by atoms with Crippen molar-refractivity contribution in [1.29, 1.82) is 0 Å². The van der Waals surface area contributed by atoms with Gasteiger partial charge in [-0.05, 0) is 70.6 Å². The Balaban J connectivity index is 2.35. The lowest BCUT2D eigenvalue weighted by molar-refractivity contribution is -0.220. The molecule has 6 unspecified atom stereocenters. The van der Waals surface area contributed by atoms with Crippen LogP contribution in [0.5, 0.6) is 0 Å². The van der Waals surface area contributed by atoms with Gasteiger partial charge in [-0.15, -0.1) is 0 Å². The Labute approximate surface area is 362 Å². The van der Waals surface area contributed by atoms with E-state index in [1.54, 1.807) is 0 Å². The second-order valence-electron chi connectivity index (χ2n) is 15.9. The average Bonchev–Trinajstić information content (AvgIpc) is 3.23. The number of carbonyl (C=O) groups excluding carboxylic acids is 1. The Morgan fingerprint density at radius 3 is 1.52 bits per heavy atom. The van der Waals surface area contributed by atoms with Gasteiger partial charge < -0.3 is 39.9 Å². The van der Waals surface area contributed by atoms with Crippen molar-refractivity contribution >= 4 is 13.8 Å². The Kier molecular flexibility index (Phi) is 35.1. The minimum Gasteiger partial charge on any atom is -0.457 e. The highest BCUT2D eigenvalue weighted by atomic mass is 31.2. The van der Waals surface area contributed by atoms with Crippen LogP contribution < -0.4 is 0 Å². The van der Waals surface area contributed by atoms with Crippen molar-refractivity contribution in [2.24, 2.45) is 0 Å². The summed E-state index contributed by atoms with van der Waals surface area (Å²) < 4.78 is 34.1. The molecule has 0 radical (unpaired) electrons.